The van der Waals surface area contributed by atoms with Gasteiger partial charge in [0.15, 0.2) is 5.13 Å². The molecule has 0 aliphatic carbocycles. The van der Waals surface area contributed by atoms with Crippen molar-refractivity contribution in [3.63, 3.8) is 0 Å². The summed E-state index contributed by atoms with van der Waals surface area (Å²) in [6.45, 7) is 5.51. The fourth-order valence-corrected chi connectivity index (χ4v) is 2.57. The van der Waals surface area contributed by atoms with Crippen molar-refractivity contribution < 1.29 is 4.79 Å². The maximum Gasteiger partial charge on any atom is 0.242 e. The van der Waals surface area contributed by atoms with Crippen LogP contribution in [0.25, 0.3) is 10.2 Å². The largest absolute Gasteiger partial charge is 0.368 e. The lowest BCUT2D eigenvalue weighted by molar-refractivity contribution is -0.121. The smallest absolute Gasteiger partial charge is 0.242 e. The second-order valence-electron chi connectivity index (χ2n) is 4.55. The van der Waals surface area contributed by atoms with Gasteiger partial charge in [-0.15, -0.1) is 0 Å². The molecule has 2 rings (SSSR count). The van der Waals surface area contributed by atoms with E-state index in [1.54, 1.807) is 13.8 Å². The van der Waals surface area contributed by atoms with Gasteiger partial charge in [-0.25, -0.2) is 4.98 Å². The van der Waals surface area contributed by atoms with E-state index in [4.69, 9.17) is 5.73 Å². The summed E-state index contributed by atoms with van der Waals surface area (Å²) in [6.07, 6.45) is 0. The monoisotopic (exact) mass is 249 g/mol. The second-order valence-corrected chi connectivity index (χ2v) is 5.59. The van der Waals surface area contributed by atoms with Gasteiger partial charge >= 0.3 is 0 Å². The molecule has 2 aromatic rings. The highest BCUT2D eigenvalue weighted by molar-refractivity contribution is 7.22. The minimum absolute atomic E-state index is 0.395. The summed E-state index contributed by atoms with van der Waals surface area (Å²) in [7, 11) is 0. The van der Waals surface area contributed by atoms with Crippen LogP contribution in [-0.4, -0.2) is 16.4 Å². The number of nitrogens with one attached hydrogen (secondary N) is 1. The summed E-state index contributed by atoms with van der Waals surface area (Å²) in [5.74, 6) is -0.395. The highest BCUT2D eigenvalue weighted by atomic mass is 32.1. The molecule has 5 heteroatoms. The second kappa shape index (κ2) is 4.00. The third-order valence-electron chi connectivity index (χ3n) is 2.66. The molecule has 0 saturated heterocycles. The third-order valence-corrected chi connectivity index (χ3v) is 3.59. The van der Waals surface area contributed by atoms with Crippen LogP contribution in [0.3, 0.4) is 0 Å². The molecule has 0 saturated carbocycles. The highest BCUT2D eigenvalue weighted by Crippen LogP contribution is 2.29. The van der Waals surface area contributed by atoms with Crippen LogP contribution in [0.15, 0.2) is 18.2 Å². The number of amides is 1. The van der Waals surface area contributed by atoms with Crippen molar-refractivity contribution in [3.8, 4) is 0 Å². The molecule has 4 nitrogen and oxygen atoms in total. The molecule has 3 N–H and O–H groups in total. The van der Waals surface area contributed by atoms with Crippen molar-refractivity contribution in [1.29, 1.82) is 0 Å². The molecule has 0 atom stereocenters. The fraction of sp³-hybridized carbons (Fsp3) is 0.333. The summed E-state index contributed by atoms with van der Waals surface area (Å²) in [5, 5.41) is 3.79. The molecule has 1 aromatic carbocycles. The molecule has 0 spiro atoms. The van der Waals surface area contributed by atoms with E-state index in [9.17, 15) is 4.79 Å². The van der Waals surface area contributed by atoms with E-state index in [0.717, 1.165) is 20.9 Å². The van der Waals surface area contributed by atoms with E-state index in [-0.39, 0.29) is 0 Å². The van der Waals surface area contributed by atoms with Crippen LogP contribution in [0.5, 0.6) is 0 Å². The normalized spacial score (nSPS) is 11.7. The van der Waals surface area contributed by atoms with Gasteiger partial charge in [-0.05, 0) is 32.4 Å². The molecule has 0 aliphatic heterocycles. The molecule has 0 unspecified atom stereocenters. The van der Waals surface area contributed by atoms with Crippen LogP contribution in [-0.2, 0) is 4.79 Å². The molecule has 0 radical (unpaired) electrons. The number of carbonyl (C=O) groups excluding carboxylic acids is 1. The molecular weight excluding hydrogens is 234 g/mol. The number of fused-ring (bicyclic) bond motifs is 1. The van der Waals surface area contributed by atoms with Crippen molar-refractivity contribution in [2.45, 2.75) is 26.3 Å². The minimum Gasteiger partial charge on any atom is -0.368 e. The van der Waals surface area contributed by atoms with Crippen molar-refractivity contribution >= 4 is 32.6 Å². The number of anilines is 1. The first kappa shape index (κ1) is 11.9. The molecule has 0 bridgehead atoms. The number of para-hydroxylation sites is 1. The first-order valence-corrected chi connectivity index (χ1v) is 6.16. The minimum atomic E-state index is -0.790. The number of benzene rings is 1. The standard InChI is InChI=1S/C12H15N3OS/c1-7-5-4-6-8-9(7)14-11(17-8)15-12(2,3)10(13)16/h4-6H,1-3H3,(H2,13,16)(H,14,15). The van der Waals surface area contributed by atoms with E-state index >= 15 is 0 Å². The number of nitrogens with zero attached hydrogens (tertiary/aromatic N) is 1. The van der Waals surface area contributed by atoms with E-state index in [2.05, 4.69) is 10.3 Å². The van der Waals surface area contributed by atoms with Crippen LogP contribution >= 0.6 is 11.3 Å². The molecule has 0 fully saturated rings. The van der Waals surface area contributed by atoms with Crippen LogP contribution in [0.4, 0.5) is 5.13 Å². The Morgan fingerprint density at radius 3 is 2.76 bits per heavy atom. The lowest BCUT2D eigenvalue weighted by Crippen LogP contribution is -2.44. The zero-order chi connectivity index (χ0) is 12.6. The number of thiazole rings is 1. The fourth-order valence-electron chi connectivity index (χ4n) is 1.47. The Morgan fingerprint density at radius 1 is 1.47 bits per heavy atom. The van der Waals surface area contributed by atoms with Crippen LogP contribution in [0, 0.1) is 6.92 Å². The molecule has 1 heterocycles. The van der Waals surface area contributed by atoms with Crippen molar-refractivity contribution in [3.05, 3.63) is 23.8 Å². The number of nitrogens with two attached hydrogens (primary N) is 1. The van der Waals surface area contributed by atoms with Crippen LogP contribution in [0.2, 0.25) is 0 Å². The number of aryl methyl sites for hydroxylation is 1. The van der Waals surface area contributed by atoms with Gasteiger partial charge in [0, 0.05) is 0 Å². The average molecular weight is 249 g/mol. The Hall–Kier alpha value is -1.62. The van der Waals surface area contributed by atoms with Crippen LogP contribution < -0.4 is 11.1 Å². The first-order valence-electron chi connectivity index (χ1n) is 5.34. The number of hydrogen-bond donors (Lipinski definition) is 2. The van der Waals surface area contributed by atoms with Gasteiger partial charge in [0.1, 0.15) is 5.54 Å². The zero-order valence-corrected chi connectivity index (χ0v) is 10.9. The lowest BCUT2D eigenvalue weighted by atomic mass is 10.1. The number of rotatable bonds is 3. The van der Waals surface area contributed by atoms with Gasteiger partial charge in [0.2, 0.25) is 5.91 Å². The van der Waals surface area contributed by atoms with Gasteiger partial charge in [0.25, 0.3) is 0 Å². The Morgan fingerprint density at radius 2 is 2.18 bits per heavy atom. The molecule has 17 heavy (non-hydrogen) atoms. The van der Waals surface area contributed by atoms with Crippen molar-refractivity contribution in [1.82, 2.24) is 4.98 Å². The van der Waals surface area contributed by atoms with Gasteiger partial charge in [0.05, 0.1) is 10.2 Å². The topological polar surface area (TPSA) is 68.0 Å². The summed E-state index contributed by atoms with van der Waals surface area (Å²) in [6, 6.07) is 6.03. The molecule has 90 valence electrons. The SMILES string of the molecule is Cc1cccc2sc(NC(C)(C)C(N)=O)nc12. The van der Waals surface area contributed by atoms with Gasteiger partial charge in [-0.3, -0.25) is 4.79 Å². The Labute approximate surface area is 104 Å². The number of carbonyl (C=O) groups is 1. The zero-order valence-electron chi connectivity index (χ0n) is 10.1. The maximum atomic E-state index is 11.2. The Bertz CT molecular complexity index is 574. The van der Waals surface area contributed by atoms with Gasteiger partial charge in [-0.2, -0.15) is 0 Å². The number of aromatic nitrogens is 1. The summed E-state index contributed by atoms with van der Waals surface area (Å²) in [5.41, 5.74) is 6.63. The van der Waals surface area contributed by atoms with E-state index in [1.807, 2.05) is 25.1 Å². The summed E-state index contributed by atoms with van der Waals surface area (Å²) >= 11 is 1.53. The average Bonchev–Trinajstić information content (AvgIpc) is 2.60. The molecule has 0 aliphatic rings. The Kier molecular flexibility index (Phi) is 2.79. The maximum absolute atomic E-state index is 11.2. The predicted molar refractivity (Wildman–Crippen MR) is 71.3 cm³/mol. The predicted octanol–water partition coefficient (Wildman–Crippen LogP) is 2.28. The highest BCUT2D eigenvalue weighted by Gasteiger charge is 2.25. The van der Waals surface area contributed by atoms with Crippen LogP contribution in [0.1, 0.15) is 19.4 Å². The van der Waals surface area contributed by atoms with E-state index in [0.29, 0.717) is 0 Å². The number of hydrogen-bond acceptors (Lipinski definition) is 4. The molecule has 1 aromatic heterocycles. The third kappa shape index (κ3) is 2.24. The summed E-state index contributed by atoms with van der Waals surface area (Å²) in [4.78, 5) is 15.7. The van der Waals surface area contributed by atoms with E-state index in [1.165, 1.54) is 11.3 Å². The van der Waals surface area contributed by atoms with E-state index < -0.39 is 11.4 Å². The molecule has 1 amide bonds. The van der Waals surface area contributed by atoms with Gasteiger partial charge in [-0.1, -0.05) is 23.5 Å². The lowest BCUT2D eigenvalue weighted by Gasteiger charge is -2.21. The van der Waals surface area contributed by atoms with Crippen molar-refractivity contribution in [2.24, 2.45) is 5.73 Å². The first-order chi connectivity index (χ1) is 7.90. The summed E-state index contributed by atoms with van der Waals surface area (Å²) < 4.78 is 1.10. The van der Waals surface area contributed by atoms with Crippen molar-refractivity contribution in [2.75, 3.05) is 5.32 Å². The number of primary amides is 1. The molecular formula is C12H15N3OS. The quantitative estimate of drug-likeness (QED) is 0.877. The van der Waals surface area contributed by atoms with Gasteiger partial charge < -0.3 is 11.1 Å². The Balaban J connectivity index is 2.38.